The summed E-state index contributed by atoms with van der Waals surface area (Å²) in [5, 5.41) is 3.46. The molecule has 112 valence electrons. The first-order valence-electron chi connectivity index (χ1n) is 7.75. The Morgan fingerprint density at radius 1 is 1.11 bits per heavy atom. The zero-order chi connectivity index (χ0) is 13.9. The van der Waals surface area contributed by atoms with Gasteiger partial charge in [-0.3, -0.25) is 0 Å². The van der Waals surface area contributed by atoms with E-state index in [9.17, 15) is 13.2 Å². The predicted octanol–water partition coefficient (Wildman–Crippen LogP) is 4.67. The van der Waals surface area contributed by atoms with Crippen LogP contribution < -0.4 is 5.32 Å². The topological polar surface area (TPSA) is 12.0 Å². The number of halogens is 3. The van der Waals surface area contributed by atoms with Crippen molar-refractivity contribution < 1.29 is 13.2 Å². The lowest BCUT2D eigenvalue weighted by molar-refractivity contribution is -0.183. The summed E-state index contributed by atoms with van der Waals surface area (Å²) >= 11 is 0. The Labute approximate surface area is 114 Å². The lowest BCUT2D eigenvalue weighted by atomic mass is 9.81. The lowest BCUT2D eigenvalue weighted by Gasteiger charge is -2.35. The van der Waals surface area contributed by atoms with Crippen LogP contribution in [0.25, 0.3) is 0 Å². The van der Waals surface area contributed by atoms with E-state index in [0.29, 0.717) is 18.3 Å². The molecule has 2 rings (SSSR count). The van der Waals surface area contributed by atoms with E-state index in [1.54, 1.807) is 0 Å². The van der Waals surface area contributed by atoms with Crippen molar-refractivity contribution in [3.8, 4) is 0 Å². The molecule has 0 saturated heterocycles. The number of nitrogens with one attached hydrogen (secondary N) is 1. The lowest BCUT2D eigenvalue weighted by Crippen LogP contribution is -2.43. The maximum absolute atomic E-state index is 12.8. The summed E-state index contributed by atoms with van der Waals surface area (Å²) in [5.74, 6) is -1.08. The van der Waals surface area contributed by atoms with Crippen molar-refractivity contribution in [3.63, 3.8) is 0 Å². The zero-order valence-corrected chi connectivity index (χ0v) is 11.9. The standard InChI is InChI=1S/C15H26F3N/c1-2-14(8-3-4-9-14)11-19-13-7-5-6-12(10-13)15(16,17)18/h12-13,19H,2-11H2,1H3. The molecule has 0 spiro atoms. The molecule has 2 saturated carbocycles. The van der Waals surface area contributed by atoms with E-state index in [2.05, 4.69) is 12.2 Å². The van der Waals surface area contributed by atoms with E-state index in [0.717, 1.165) is 19.4 Å². The fourth-order valence-corrected chi connectivity index (χ4v) is 3.81. The second-order valence-corrected chi connectivity index (χ2v) is 6.54. The van der Waals surface area contributed by atoms with Crippen molar-refractivity contribution >= 4 is 0 Å². The van der Waals surface area contributed by atoms with Gasteiger partial charge in [-0.05, 0) is 43.9 Å². The second kappa shape index (κ2) is 6.02. The van der Waals surface area contributed by atoms with Gasteiger partial charge in [-0.15, -0.1) is 0 Å². The highest BCUT2D eigenvalue weighted by Gasteiger charge is 2.42. The van der Waals surface area contributed by atoms with Crippen LogP contribution in [-0.4, -0.2) is 18.8 Å². The summed E-state index contributed by atoms with van der Waals surface area (Å²) in [6, 6.07) is 0.0735. The zero-order valence-electron chi connectivity index (χ0n) is 11.9. The number of hydrogen-bond acceptors (Lipinski definition) is 1. The molecule has 0 aromatic heterocycles. The third-order valence-corrected chi connectivity index (χ3v) is 5.32. The molecule has 19 heavy (non-hydrogen) atoms. The first kappa shape index (κ1) is 15.1. The van der Waals surface area contributed by atoms with Crippen LogP contribution in [0.3, 0.4) is 0 Å². The van der Waals surface area contributed by atoms with Crippen molar-refractivity contribution in [1.29, 1.82) is 0 Å². The van der Waals surface area contributed by atoms with Crippen LogP contribution in [0, 0.1) is 11.3 Å². The van der Waals surface area contributed by atoms with Gasteiger partial charge in [0.1, 0.15) is 0 Å². The monoisotopic (exact) mass is 277 g/mol. The Kier molecular flexibility index (Phi) is 4.80. The number of hydrogen-bond donors (Lipinski definition) is 1. The minimum absolute atomic E-state index is 0.0735. The van der Waals surface area contributed by atoms with Crippen LogP contribution in [-0.2, 0) is 0 Å². The fourth-order valence-electron chi connectivity index (χ4n) is 3.81. The Hall–Kier alpha value is -0.250. The molecule has 2 fully saturated rings. The van der Waals surface area contributed by atoms with Gasteiger partial charge in [0, 0.05) is 12.6 Å². The maximum atomic E-state index is 12.8. The Morgan fingerprint density at radius 2 is 1.79 bits per heavy atom. The van der Waals surface area contributed by atoms with E-state index in [1.807, 2.05) is 0 Å². The average Bonchev–Trinajstić information content (AvgIpc) is 2.85. The van der Waals surface area contributed by atoms with E-state index >= 15 is 0 Å². The molecule has 0 amide bonds. The van der Waals surface area contributed by atoms with Crippen LogP contribution >= 0.6 is 0 Å². The fraction of sp³-hybridized carbons (Fsp3) is 1.00. The summed E-state index contributed by atoms with van der Waals surface area (Å²) < 4.78 is 38.3. The number of rotatable bonds is 4. The van der Waals surface area contributed by atoms with E-state index in [1.165, 1.54) is 25.7 Å². The largest absolute Gasteiger partial charge is 0.391 e. The third-order valence-electron chi connectivity index (χ3n) is 5.32. The molecule has 1 nitrogen and oxygen atoms in total. The molecule has 0 radical (unpaired) electrons. The molecular weight excluding hydrogens is 251 g/mol. The predicted molar refractivity (Wildman–Crippen MR) is 71.0 cm³/mol. The highest BCUT2D eigenvalue weighted by Crippen LogP contribution is 2.41. The van der Waals surface area contributed by atoms with E-state index in [4.69, 9.17) is 0 Å². The molecule has 0 aromatic carbocycles. The van der Waals surface area contributed by atoms with Gasteiger partial charge in [0.05, 0.1) is 5.92 Å². The van der Waals surface area contributed by atoms with Crippen LogP contribution in [0.4, 0.5) is 13.2 Å². The van der Waals surface area contributed by atoms with Crippen LogP contribution in [0.2, 0.25) is 0 Å². The molecule has 0 aliphatic heterocycles. The summed E-state index contributed by atoms with van der Waals surface area (Å²) in [6.45, 7) is 3.13. The van der Waals surface area contributed by atoms with Gasteiger partial charge in [-0.25, -0.2) is 0 Å². The highest BCUT2D eigenvalue weighted by atomic mass is 19.4. The Bertz CT molecular complexity index is 282. The van der Waals surface area contributed by atoms with Crippen molar-refractivity contribution in [2.75, 3.05) is 6.54 Å². The first-order valence-corrected chi connectivity index (χ1v) is 7.75. The molecule has 4 heteroatoms. The smallest absolute Gasteiger partial charge is 0.313 e. The van der Waals surface area contributed by atoms with Gasteiger partial charge in [0.2, 0.25) is 0 Å². The van der Waals surface area contributed by atoms with Gasteiger partial charge in [0.15, 0.2) is 0 Å². The van der Waals surface area contributed by atoms with Gasteiger partial charge in [0.25, 0.3) is 0 Å². The third kappa shape index (κ3) is 3.87. The summed E-state index contributed by atoms with van der Waals surface area (Å²) in [4.78, 5) is 0. The first-order chi connectivity index (χ1) is 8.95. The quantitative estimate of drug-likeness (QED) is 0.787. The molecule has 1 N–H and O–H groups in total. The highest BCUT2D eigenvalue weighted by molar-refractivity contribution is 4.88. The Morgan fingerprint density at radius 3 is 2.37 bits per heavy atom. The molecule has 0 heterocycles. The minimum Gasteiger partial charge on any atom is -0.313 e. The molecule has 2 atom stereocenters. The van der Waals surface area contributed by atoms with Gasteiger partial charge in [-0.1, -0.05) is 26.2 Å². The van der Waals surface area contributed by atoms with E-state index < -0.39 is 12.1 Å². The molecule has 0 aromatic rings. The van der Waals surface area contributed by atoms with Crippen LogP contribution in [0.1, 0.15) is 64.7 Å². The average molecular weight is 277 g/mol. The molecule has 2 aliphatic carbocycles. The second-order valence-electron chi connectivity index (χ2n) is 6.54. The molecule has 0 bridgehead atoms. The summed E-state index contributed by atoms with van der Waals surface area (Å²) in [6.07, 6.45) is 4.41. The van der Waals surface area contributed by atoms with Crippen LogP contribution in [0.5, 0.6) is 0 Å². The number of alkyl halides is 3. The van der Waals surface area contributed by atoms with Crippen molar-refractivity contribution in [2.24, 2.45) is 11.3 Å². The van der Waals surface area contributed by atoms with Gasteiger partial charge < -0.3 is 5.32 Å². The molecular formula is C15H26F3N. The summed E-state index contributed by atoms with van der Waals surface area (Å²) in [7, 11) is 0. The van der Waals surface area contributed by atoms with Gasteiger partial charge >= 0.3 is 6.18 Å². The Balaban J connectivity index is 1.82. The van der Waals surface area contributed by atoms with Crippen molar-refractivity contribution in [2.45, 2.75) is 76.9 Å². The van der Waals surface area contributed by atoms with Crippen molar-refractivity contribution in [3.05, 3.63) is 0 Å². The maximum Gasteiger partial charge on any atom is 0.391 e. The summed E-state index contributed by atoms with van der Waals surface area (Å²) in [5.41, 5.74) is 0.366. The minimum atomic E-state index is -4.00. The SMILES string of the molecule is CCC1(CNC2CCCC(C(F)(F)F)C2)CCCC1. The van der Waals surface area contributed by atoms with Gasteiger partial charge in [-0.2, -0.15) is 13.2 Å². The van der Waals surface area contributed by atoms with Crippen LogP contribution in [0.15, 0.2) is 0 Å². The molecule has 2 aliphatic rings. The van der Waals surface area contributed by atoms with E-state index in [-0.39, 0.29) is 12.5 Å². The molecule has 2 unspecified atom stereocenters. The normalized spacial score (nSPS) is 31.6. The van der Waals surface area contributed by atoms with Crippen molar-refractivity contribution in [1.82, 2.24) is 5.32 Å².